The van der Waals surface area contributed by atoms with E-state index in [4.69, 9.17) is 9.15 Å². The molecule has 4 rings (SSSR count). The van der Waals surface area contributed by atoms with Gasteiger partial charge in [0.1, 0.15) is 22.9 Å². The van der Waals surface area contributed by atoms with Crippen LogP contribution in [0.15, 0.2) is 57.7 Å². The molecule has 140 valence electrons. The molecule has 0 unspecified atom stereocenters. The molecule has 5 nitrogen and oxygen atoms in total. The highest BCUT2D eigenvalue weighted by atomic mass is 19.1. The van der Waals surface area contributed by atoms with Crippen LogP contribution in [0.3, 0.4) is 0 Å². The molecule has 2 aromatic heterocycles. The van der Waals surface area contributed by atoms with Crippen molar-refractivity contribution in [2.75, 3.05) is 6.61 Å². The van der Waals surface area contributed by atoms with E-state index in [1.165, 1.54) is 6.07 Å². The third-order valence-corrected chi connectivity index (χ3v) is 4.29. The second-order valence-electron chi connectivity index (χ2n) is 5.98. The van der Waals surface area contributed by atoms with Gasteiger partial charge in [-0.3, -0.25) is 0 Å². The Hall–Kier alpha value is -3.61. The standard InChI is InChI=1S/C21H13F2NO4/c1-2-27-20(25)15-10-12(17-13(22)7-5-8-14(17)23)18-19(24-15)11-6-3-4-9-16(11)28-21(18)26/h3-10H,2H2,1H3. The predicted molar refractivity (Wildman–Crippen MR) is 99.1 cm³/mol. The average molecular weight is 381 g/mol. The summed E-state index contributed by atoms with van der Waals surface area (Å²) in [6, 6.07) is 11.1. The van der Waals surface area contributed by atoms with Crippen molar-refractivity contribution >= 4 is 27.8 Å². The second-order valence-corrected chi connectivity index (χ2v) is 5.98. The van der Waals surface area contributed by atoms with Gasteiger partial charge in [0.05, 0.1) is 23.1 Å². The summed E-state index contributed by atoms with van der Waals surface area (Å²) in [6.45, 7) is 1.72. The molecule has 4 aromatic rings. The van der Waals surface area contributed by atoms with E-state index in [2.05, 4.69) is 4.98 Å². The molecule has 2 heterocycles. The first-order valence-electron chi connectivity index (χ1n) is 8.49. The SMILES string of the molecule is CCOC(=O)c1cc(-c2c(F)cccc2F)c2c(=O)oc3ccccc3c2n1. The zero-order chi connectivity index (χ0) is 19.8. The maximum Gasteiger partial charge on any atom is 0.356 e. The molecule has 0 aliphatic rings. The number of ether oxygens (including phenoxy) is 1. The molecule has 0 bridgehead atoms. The number of halogens is 2. The summed E-state index contributed by atoms with van der Waals surface area (Å²) >= 11 is 0. The summed E-state index contributed by atoms with van der Waals surface area (Å²) in [4.78, 5) is 29.2. The van der Waals surface area contributed by atoms with Crippen LogP contribution in [0, 0.1) is 11.6 Å². The highest BCUT2D eigenvalue weighted by Crippen LogP contribution is 2.33. The lowest BCUT2D eigenvalue weighted by Crippen LogP contribution is -2.11. The zero-order valence-corrected chi connectivity index (χ0v) is 14.7. The Bertz CT molecular complexity index is 1280. The fraction of sp³-hybridized carbons (Fsp3) is 0.0952. The number of nitrogens with zero attached hydrogens (tertiary/aromatic N) is 1. The van der Waals surface area contributed by atoms with Crippen molar-refractivity contribution in [3.8, 4) is 11.1 Å². The van der Waals surface area contributed by atoms with Crippen LogP contribution in [-0.4, -0.2) is 17.6 Å². The fourth-order valence-electron chi connectivity index (χ4n) is 3.11. The average Bonchev–Trinajstić information content (AvgIpc) is 2.67. The van der Waals surface area contributed by atoms with E-state index in [-0.39, 0.29) is 34.4 Å². The van der Waals surface area contributed by atoms with Gasteiger partial charge in [-0.25, -0.2) is 23.4 Å². The molecule has 28 heavy (non-hydrogen) atoms. The number of carbonyl (C=O) groups is 1. The number of aromatic nitrogens is 1. The highest BCUT2D eigenvalue weighted by molar-refractivity contribution is 6.09. The van der Waals surface area contributed by atoms with E-state index >= 15 is 0 Å². The molecule has 0 aliphatic carbocycles. The van der Waals surface area contributed by atoms with E-state index < -0.39 is 28.8 Å². The van der Waals surface area contributed by atoms with E-state index in [0.717, 1.165) is 18.2 Å². The maximum atomic E-state index is 14.5. The van der Waals surface area contributed by atoms with Crippen LogP contribution in [0.2, 0.25) is 0 Å². The number of pyridine rings is 1. The Morgan fingerprint density at radius 3 is 2.54 bits per heavy atom. The predicted octanol–water partition coefficient (Wildman–Crippen LogP) is 4.46. The van der Waals surface area contributed by atoms with E-state index in [1.807, 2.05) is 0 Å². The number of benzene rings is 2. The van der Waals surface area contributed by atoms with Crippen LogP contribution >= 0.6 is 0 Å². The smallest absolute Gasteiger partial charge is 0.356 e. The largest absolute Gasteiger partial charge is 0.461 e. The molecule has 0 radical (unpaired) electrons. The summed E-state index contributed by atoms with van der Waals surface area (Å²) in [7, 11) is 0. The zero-order valence-electron chi connectivity index (χ0n) is 14.7. The van der Waals surface area contributed by atoms with Gasteiger partial charge in [0.25, 0.3) is 0 Å². The van der Waals surface area contributed by atoms with Gasteiger partial charge in [0, 0.05) is 10.9 Å². The van der Waals surface area contributed by atoms with Crippen molar-refractivity contribution < 1.29 is 22.7 Å². The lowest BCUT2D eigenvalue weighted by atomic mass is 9.99. The van der Waals surface area contributed by atoms with Gasteiger partial charge >= 0.3 is 11.6 Å². The summed E-state index contributed by atoms with van der Waals surface area (Å²) in [5.74, 6) is -2.52. The topological polar surface area (TPSA) is 69.4 Å². The van der Waals surface area contributed by atoms with Gasteiger partial charge in [-0.15, -0.1) is 0 Å². The van der Waals surface area contributed by atoms with Crippen molar-refractivity contribution in [1.82, 2.24) is 4.98 Å². The third-order valence-electron chi connectivity index (χ3n) is 4.29. The van der Waals surface area contributed by atoms with E-state index in [1.54, 1.807) is 31.2 Å². The lowest BCUT2D eigenvalue weighted by Gasteiger charge is -2.11. The van der Waals surface area contributed by atoms with Gasteiger partial charge in [0.2, 0.25) is 0 Å². The molecule has 0 atom stereocenters. The first-order chi connectivity index (χ1) is 13.5. The van der Waals surface area contributed by atoms with Gasteiger partial charge < -0.3 is 9.15 Å². The molecule has 2 aromatic carbocycles. The van der Waals surface area contributed by atoms with Gasteiger partial charge in [-0.1, -0.05) is 18.2 Å². The number of carbonyl (C=O) groups excluding carboxylic acids is 1. The van der Waals surface area contributed by atoms with Crippen molar-refractivity contribution in [1.29, 1.82) is 0 Å². The molecule has 0 saturated heterocycles. The quantitative estimate of drug-likeness (QED) is 0.298. The van der Waals surface area contributed by atoms with Crippen LogP contribution in [0.1, 0.15) is 17.4 Å². The summed E-state index contributed by atoms with van der Waals surface area (Å²) < 4.78 is 39.3. The molecule has 0 aliphatic heterocycles. The Labute approximate surface area is 157 Å². The molecule has 0 fully saturated rings. The minimum Gasteiger partial charge on any atom is -0.461 e. The second kappa shape index (κ2) is 6.84. The van der Waals surface area contributed by atoms with Gasteiger partial charge in [-0.05, 0) is 37.3 Å². The number of fused-ring (bicyclic) bond motifs is 3. The number of para-hydroxylation sites is 1. The Balaban J connectivity index is 2.21. The van der Waals surface area contributed by atoms with Crippen LogP contribution < -0.4 is 5.63 Å². The molecule has 0 N–H and O–H groups in total. The third kappa shape index (κ3) is 2.81. The monoisotopic (exact) mass is 381 g/mol. The first kappa shape index (κ1) is 17.8. The lowest BCUT2D eigenvalue weighted by molar-refractivity contribution is 0.0520. The molecule has 7 heteroatoms. The van der Waals surface area contributed by atoms with Crippen molar-refractivity contribution in [2.24, 2.45) is 0 Å². The maximum absolute atomic E-state index is 14.5. The summed E-state index contributed by atoms with van der Waals surface area (Å²) in [5, 5.41) is 0.317. The minimum absolute atomic E-state index is 0.0968. The minimum atomic E-state index is -0.880. The molecule has 0 saturated carbocycles. The number of hydrogen-bond donors (Lipinski definition) is 0. The van der Waals surface area contributed by atoms with Gasteiger partial charge in [-0.2, -0.15) is 0 Å². The van der Waals surface area contributed by atoms with Crippen molar-refractivity contribution in [3.63, 3.8) is 0 Å². The van der Waals surface area contributed by atoms with Crippen molar-refractivity contribution in [3.05, 3.63) is 76.3 Å². The highest BCUT2D eigenvalue weighted by Gasteiger charge is 2.22. The Morgan fingerprint density at radius 2 is 1.82 bits per heavy atom. The van der Waals surface area contributed by atoms with Crippen LogP contribution in [0.4, 0.5) is 8.78 Å². The summed E-state index contributed by atoms with van der Waals surface area (Å²) in [5.41, 5.74) is -1.19. The first-order valence-corrected chi connectivity index (χ1v) is 8.49. The number of hydrogen-bond acceptors (Lipinski definition) is 5. The summed E-state index contributed by atoms with van der Waals surface area (Å²) in [6.07, 6.45) is 0. The van der Waals surface area contributed by atoms with Crippen LogP contribution in [-0.2, 0) is 4.74 Å². The normalized spacial score (nSPS) is 11.1. The molecular formula is C21H13F2NO4. The van der Waals surface area contributed by atoms with E-state index in [0.29, 0.717) is 5.39 Å². The Morgan fingerprint density at radius 1 is 1.11 bits per heavy atom. The fourth-order valence-corrected chi connectivity index (χ4v) is 3.11. The molecular weight excluding hydrogens is 368 g/mol. The van der Waals surface area contributed by atoms with E-state index in [9.17, 15) is 18.4 Å². The Kier molecular flexibility index (Phi) is 4.35. The van der Waals surface area contributed by atoms with Crippen LogP contribution in [0.5, 0.6) is 0 Å². The number of rotatable bonds is 3. The van der Waals surface area contributed by atoms with Crippen molar-refractivity contribution in [2.45, 2.75) is 6.92 Å². The molecule has 0 spiro atoms. The number of esters is 1. The van der Waals surface area contributed by atoms with Crippen LogP contribution in [0.25, 0.3) is 33.0 Å². The van der Waals surface area contributed by atoms with Gasteiger partial charge in [0.15, 0.2) is 0 Å². The molecule has 0 amide bonds.